The Morgan fingerprint density at radius 1 is 1.04 bits per heavy atom. The van der Waals surface area contributed by atoms with Gasteiger partial charge in [-0.3, -0.25) is 24.1 Å². The van der Waals surface area contributed by atoms with Gasteiger partial charge in [0.1, 0.15) is 5.25 Å². The first-order chi connectivity index (χ1) is 20.8. The minimum Gasteiger partial charge on any atom is -0.294 e. The molecule has 0 spiro atoms. The zero-order valence-corrected chi connectivity index (χ0v) is 25.4. The lowest BCUT2D eigenvalue weighted by Gasteiger charge is -2.17. The van der Waals surface area contributed by atoms with E-state index in [1.165, 1.54) is 4.57 Å². The van der Waals surface area contributed by atoms with Gasteiger partial charge in [0, 0.05) is 18.2 Å². The summed E-state index contributed by atoms with van der Waals surface area (Å²) in [4.78, 5) is 47.1. The smallest absolute Gasteiger partial charge is 0.294 e. The van der Waals surface area contributed by atoms with Crippen molar-refractivity contribution in [2.45, 2.75) is 45.8 Å². The molecule has 0 unspecified atom stereocenters. The van der Waals surface area contributed by atoms with Gasteiger partial charge < -0.3 is 0 Å². The number of benzene rings is 2. The number of H-pyrrole nitrogens is 1. The van der Waals surface area contributed by atoms with Gasteiger partial charge in [-0.05, 0) is 36.1 Å². The molecule has 0 bridgehead atoms. The number of halogens is 2. The van der Waals surface area contributed by atoms with E-state index in [1.54, 1.807) is 72.9 Å². The third-order valence-electron chi connectivity index (χ3n) is 6.72. The number of fused-ring (bicyclic) bond motifs is 1. The number of Topliss-reactive ketones (excluding diaryl/α,β-unsaturated/α-hetero) is 1. The standard InChI is InChI=1S/C16H14ClFN4O2.C15H14O4S.CH4/c1-7(2)11-12(8(3)4-5-19-11)22-14-9(15(23)21-16(22)24)6-10(18)13(17)20-14;16-14(12-7-3-1-4-8-12)11-15(20(17,18)19)13-9-5-2-6-10-13;/h4-7H,1-3H3,(H,21,23,24);1-10,15H,11H2,(H,17,18,19);1H4/t;15-;/m.1./s1. The van der Waals surface area contributed by atoms with Crippen LogP contribution < -0.4 is 11.2 Å². The molecule has 0 saturated carbocycles. The Kier molecular flexibility index (Phi) is 11.3. The highest BCUT2D eigenvalue weighted by Crippen LogP contribution is 2.27. The van der Waals surface area contributed by atoms with Gasteiger partial charge in [0.25, 0.3) is 15.7 Å². The molecule has 3 aromatic heterocycles. The van der Waals surface area contributed by atoms with Crippen molar-refractivity contribution >= 4 is 38.5 Å². The van der Waals surface area contributed by atoms with Crippen LogP contribution in [0.15, 0.2) is 88.6 Å². The van der Waals surface area contributed by atoms with Crippen molar-refractivity contribution in [2.24, 2.45) is 0 Å². The second-order valence-corrected chi connectivity index (χ2v) is 12.1. The number of ketones is 1. The zero-order valence-electron chi connectivity index (χ0n) is 23.9. The number of carbonyl (C=O) groups is 1. The van der Waals surface area contributed by atoms with Gasteiger partial charge in [-0.15, -0.1) is 0 Å². The second kappa shape index (κ2) is 14.5. The number of carbonyl (C=O) groups excluding carboxylic acids is 1. The van der Waals surface area contributed by atoms with E-state index < -0.39 is 37.6 Å². The van der Waals surface area contributed by atoms with Gasteiger partial charge >= 0.3 is 5.69 Å². The molecule has 10 nitrogen and oxygen atoms in total. The van der Waals surface area contributed by atoms with Crippen molar-refractivity contribution in [3.05, 3.63) is 133 Å². The second-order valence-electron chi connectivity index (χ2n) is 10.2. The molecule has 0 radical (unpaired) electrons. The molecule has 2 N–H and O–H groups in total. The van der Waals surface area contributed by atoms with Crippen molar-refractivity contribution in [2.75, 3.05) is 0 Å². The summed E-state index contributed by atoms with van der Waals surface area (Å²) in [5.41, 5.74) is 1.36. The zero-order chi connectivity index (χ0) is 32.2. The monoisotopic (exact) mass is 654 g/mol. The first kappa shape index (κ1) is 35.0. The molecule has 0 aliphatic rings. The van der Waals surface area contributed by atoms with Crippen molar-refractivity contribution in [1.29, 1.82) is 0 Å². The molecule has 0 aliphatic carbocycles. The molecule has 236 valence electrons. The fourth-order valence-corrected chi connectivity index (χ4v) is 5.57. The number of hydrogen-bond donors (Lipinski definition) is 2. The molecule has 0 aliphatic heterocycles. The lowest BCUT2D eigenvalue weighted by atomic mass is 10.0. The lowest BCUT2D eigenvalue weighted by molar-refractivity contribution is 0.0979. The van der Waals surface area contributed by atoms with Gasteiger partial charge in [0.15, 0.2) is 22.4 Å². The normalized spacial score (nSPS) is 11.8. The van der Waals surface area contributed by atoms with E-state index in [2.05, 4.69) is 15.0 Å². The van der Waals surface area contributed by atoms with Gasteiger partial charge in [0.05, 0.1) is 16.8 Å². The van der Waals surface area contributed by atoms with Gasteiger partial charge in [-0.1, -0.05) is 93.5 Å². The maximum atomic E-state index is 13.7. The summed E-state index contributed by atoms with van der Waals surface area (Å²) < 4.78 is 47.3. The molecular formula is C32H32ClFN4O6S. The van der Waals surface area contributed by atoms with Gasteiger partial charge in [-0.2, -0.15) is 8.42 Å². The summed E-state index contributed by atoms with van der Waals surface area (Å²) in [5, 5.41) is -1.71. The minimum absolute atomic E-state index is 0. The number of rotatable bonds is 7. The van der Waals surface area contributed by atoms with Crippen LogP contribution in [0.25, 0.3) is 16.7 Å². The molecule has 45 heavy (non-hydrogen) atoms. The van der Waals surface area contributed by atoms with Crippen LogP contribution in [-0.2, 0) is 10.1 Å². The maximum absolute atomic E-state index is 13.7. The molecular weight excluding hydrogens is 623 g/mol. The fourth-order valence-electron chi connectivity index (χ4n) is 4.58. The molecule has 1 atom stereocenters. The number of pyridine rings is 2. The summed E-state index contributed by atoms with van der Waals surface area (Å²) in [5.74, 6) is -1.13. The highest BCUT2D eigenvalue weighted by molar-refractivity contribution is 7.86. The Hall–Kier alpha value is -4.52. The largest absolute Gasteiger partial charge is 0.334 e. The fraction of sp³-hybridized carbons (Fsp3) is 0.219. The molecule has 3 heterocycles. The number of aromatic amines is 1. The van der Waals surface area contributed by atoms with Crippen molar-refractivity contribution in [3.8, 4) is 5.69 Å². The maximum Gasteiger partial charge on any atom is 0.334 e. The summed E-state index contributed by atoms with van der Waals surface area (Å²) >= 11 is 5.76. The number of nitrogens with one attached hydrogen (secondary N) is 1. The van der Waals surface area contributed by atoms with E-state index in [-0.39, 0.29) is 36.6 Å². The topological polar surface area (TPSA) is 152 Å². The Balaban J connectivity index is 0.000000244. The van der Waals surface area contributed by atoms with Crippen LogP contribution in [0.2, 0.25) is 5.15 Å². The Bertz CT molecular complexity index is 2050. The summed E-state index contributed by atoms with van der Waals surface area (Å²) in [6.45, 7) is 5.69. The average Bonchev–Trinajstić information content (AvgIpc) is 2.98. The van der Waals surface area contributed by atoms with E-state index in [0.29, 0.717) is 22.5 Å². The number of nitrogens with zero attached hydrogens (tertiary/aromatic N) is 3. The first-order valence-electron chi connectivity index (χ1n) is 13.4. The summed E-state index contributed by atoms with van der Waals surface area (Å²) in [6, 6.07) is 19.4. The third-order valence-corrected chi connectivity index (χ3v) is 8.14. The van der Waals surface area contributed by atoms with Crippen molar-refractivity contribution < 1.29 is 22.2 Å². The minimum atomic E-state index is -4.34. The van der Waals surface area contributed by atoms with Crippen LogP contribution in [0.1, 0.15) is 66.0 Å². The van der Waals surface area contributed by atoms with Crippen LogP contribution in [0.3, 0.4) is 0 Å². The lowest BCUT2D eigenvalue weighted by Crippen LogP contribution is -2.31. The predicted octanol–water partition coefficient (Wildman–Crippen LogP) is 6.22. The highest BCUT2D eigenvalue weighted by Gasteiger charge is 2.28. The Morgan fingerprint density at radius 2 is 1.64 bits per heavy atom. The molecule has 0 saturated heterocycles. The van der Waals surface area contributed by atoms with Gasteiger partial charge in [0.2, 0.25) is 0 Å². The average molecular weight is 655 g/mol. The van der Waals surface area contributed by atoms with Crippen LogP contribution in [0.5, 0.6) is 0 Å². The summed E-state index contributed by atoms with van der Waals surface area (Å²) in [7, 11) is -4.34. The SMILES string of the molecule is C.Cc1ccnc(C(C)C)c1-n1c(=O)[nH]c(=O)c2cc(F)c(Cl)nc21.O=C(C[C@H](c1ccccc1)S(=O)(=O)O)c1ccccc1. The van der Waals surface area contributed by atoms with Gasteiger partial charge in [-0.25, -0.2) is 18.7 Å². The van der Waals surface area contributed by atoms with E-state index in [4.69, 9.17) is 11.6 Å². The van der Waals surface area contributed by atoms with Crippen molar-refractivity contribution in [1.82, 2.24) is 19.5 Å². The van der Waals surface area contributed by atoms with E-state index in [1.807, 2.05) is 20.8 Å². The van der Waals surface area contributed by atoms with Crippen LogP contribution in [0.4, 0.5) is 4.39 Å². The van der Waals surface area contributed by atoms with E-state index >= 15 is 0 Å². The molecule has 5 rings (SSSR count). The molecule has 0 amide bonds. The van der Waals surface area contributed by atoms with Crippen LogP contribution in [0, 0.1) is 12.7 Å². The third kappa shape index (κ3) is 7.96. The number of aryl methyl sites for hydroxylation is 1. The molecule has 2 aromatic carbocycles. The van der Waals surface area contributed by atoms with Crippen molar-refractivity contribution in [3.63, 3.8) is 0 Å². The number of hydrogen-bond acceptors (Lipinski definition) is 7. The molecule has 0 fully saturated rings. The quantitative estimate of drug-likeness (QED) is 0.119. The van der Waals surface area contributed by atoms with E-state index in [0.717, 1.165) is 11.6 Å². The first-order valence-corrected chi connectivity index (χ1v) is 15.2. The highest BCUT2D eigenvalue weighted by atomic mass is 35.5. The Labute approximate surface area is 264 Å². The molecule has 13 heteroatoms. The predicted molar refractivity (Wildman–Crippen MR) is 172 cm³/mol. The Morgan fingerprint density at radius 3 is 2.22 bits per heavy atom. The number of aromatic nitrogens is 4. The van der Waals surface area contributed by atoms with Crippen LogP contribution >= 0.6 is 11.6 Å². The van der Waals surface area contributed by atoms with Crippen LogP contribution in [-0.4, -0.2) is 38.3 Å². The van der Waals surface area contributed by atoms with E-state index in [9.17, 15) is 31.7 Å². The molecule has 5 aromatic rings. The summed E-state index contributed by atoms with van der Waals surface area (Å²) in [6.07, 6.45) is 1.36.